The van der Waals surface area contributed by atoms with Crippen LogP contribution in [0.5, 0.6) is 0 Å². The monoisotopic (exact) mass is 508 g/mol. The van der Waals surface area contributed by atoms with E-state index in [9.17, 15) is 8.42 Å². The number of hydrogen-bond donors (Lipinski definition) is 2. The van der Waals surface area contributed by atoms with Gasteiger partial charge in [-0.25, -0.2) is 13.4 Å². The van der Waals surface area contributed by atoms with Crippen LogP contribution in [0.4, 0.5) is 0 Å². The van der Waals surface area contributed by atoms with Gasteiger partial charge in [0.05, 0.1) is 15.7 Å². The zero-order valence-corrected chi connectivity index (χ0v) is 18.9. The van der Waals surface area contributed by atoms with Crippen molar-refractivity contribution in [2.75, 3.05) is 25.9 Å². The zero-order chi connectivity index (χ0) is 18.1. The molecule has 0 aliphatic rings. The topological polar surface area (TPSA) is 83.5 Å². The number of rotatable bonds is 8. The minimum absolute atomic E-state index is 0. The third-order valence-electron chi connectivity index (χ3n) is 3.51. The molecule has 0 spiro atoms. The Kier molecular flexibility index (Phi) is 10.1. The minimum Gasteiger partial charge on any atom is -0.356 e. The van der Waals surface area contributed by atoms with Crippen LogP contribution in [0.25, 0.3) is 0 Å². The van der Waals surface area contributed by atoms with Crippen LogP contribution in [0.15, 0.2) is 46.4 Å². The molecule has 0 aliphatic heterocycles. The van der Waals surface area contributed by atoms with Gasteiger partial charge in [-0.1, -0.05) is 18.2 Å². The fraction of sp³-hybridized carbons (Fsp3) is 0.412. The molecule has 0 aliphatic carbocycles. The van der Waals surface area contributed by atoms with Gasteiger partial charge in [0.15, 0.2) is 15.8 Å². The molecule has 9 heteroatoms. The average Bonchev–Trinajstić information content (AvgIpc) is 3.03. The van der Waals surface area contributed by atoms with Crippen molar-refractivity contribution in [2.24, 2.45) is 4.99 Å². The SMILES string of the molecule is CN=C(NCCCS(=O)(=O)c1ccccc1)NCCc1ncc(C)s1.I. The van der Waals surface area contributed by atoms with Crippen LogP contribution < -0.4 is 10.6 Å². The van der Waals surface area contributed by atoms with Crippen molar-refractivity contribution in [3.8, 4) is 0 Å². The summed E-state index contributed by atoms with van der Waals surface area (Å²) in [7, 11) is -1.52. The van der Waals surface area contributed by atoms with E-state index >= 15 is 0 Å². The van der Waals surface area contributed by atoms with Gasteiger partial charge in [0.2, 0.25) is 0 Å². The Balaban J connectivity index is 0.00000338. The molecule has 144 valence electrons. The van der Waals surface area contributed by atoms with Gasteiger partial charge in [-0.2, -0.15) is 0 Å². The number of halogens is 1. The number of nitrogens with one attached hydrogen (secondary N) is 2. The Morgan fingerprint density at radius 3 is 2.50 bits per heavy atom. The highest BCUT2D eigenvalue weighted by Gasteiger charge is 2.13. The van der Waals surface area contributed by atoms with E-state index in [1.54, 1.807) is 42.6 Å². The smallest absolute Gasteiger partial charge is 0.190 e. The molecular weight excluding hydrogens is 483 g/mol. The number of aromatic nitrogens is 1. The molecular formula is C17H25IN4O2S2. The molecule has 1 heterocycles. The summed E-state index contributed by atoms with van der Waals surface area (Å²) in [5.41, 5.74) is 0. The number of thiazole rings is 1. The first-order valence-corrected chi connectivity index (χ1v) is 10.6. The summed E-state index contributed by atoms with van der Waals surface area (Å²) in [6.45, 7) is 3.32. The van der Waals surface area contributed by atoms with Gasteiger partial charge in [0, 0.05) is 37.6 Å². The summed E-state index contributed by atoms with van der Waals surface area (Å²) < 4.78 is 24.4. The number of benzene rings is 1. The van der Waals surface area contributed by atoms with Gasteiger partial charge in [0.1, 0.15) is 0 Å². The van der Waals surface area contributed by atoms with E-state index in [-0.39, 0.29) is 29.7 Å². The lowest BCUT2D eigenvalue weighted by atomic mass is 10.4. The number of guanidine groups is 1. The molecule has 0 saturated carbocycles. The first-order valence-electron chi connectivity index (χ1n) is 8.15. The first-order chi connectivity index (χ1) is 12.0. The molecule has 1 aromatic heterocycles. The van der Waals surface area contributed by atoms with Crippen LogP contribution in [0.2, 0.25) is 0 Å². The molecule has 26 heavy (non-hydrogen) atoms. The predicted molar refractivity (Wildman–Crippen MR) is 118 cm³/mol. The summed E-state index contributed by atoms with van der Waals surface area (Å²) in [4.78, 5) is 10.0. The number of sulfone groups is 1. The highest BCUT2D eigenvalue weighted by molar-refractivity contribution is 14.0. The summed E-state index contributed by atoms with van der Waals surface area (Å²) in [5.74, 6) is 0.782. The lowest BCUT2D eigenvalue weighted by molar-refractivity contribution is 0.592. The summed E-state index contributed by atoms with van der Waals surface area (Å²) in [6, 6.07) is 8.54. The fourth-order valence-corrected chi connectivity index (χ4v) is 4.36. The molecule has 0 atom stereocenters. The molecule has 0 fully saturated rings. The average molecular weight is 508 g/mol. The molecule has 0 saturated heterocycles. The van der Waals surface area contributed by atoms with Crippen molar-refractivity contribution in [2.45, 2.75) is 24.7 Å². The zero-order valence-electron chi connectivity index (χ0n) is 14.9. The molecule has 0 bridgehead atoms. The van der Waals surface area contributed by atoms with Crippen LogP contribution in [0.3, 0.4) is 0 Å². The number of hydrogen-bond acceptors (Lipinski definition) is 5. The second kappa shape index (κ2) is 11.5. The quantitative estimate of drug-likeness (QED) is 0.248. The maximum atomic E-state index is 12.2. The van der Waals surface area contributed by atoms with Gasteiger partial charge in [0.25, 0.3) is 0 Å². The summed E-state index contributed by atoms with van der Waals surface area (Å²) in [5, 5.41) is 7.45. The van der Waals surface area contributed by atoms with Crippen LogP contribution in [-0.4, -0.2) is 45.3 Å². The van der Waals surface area contributed by atoms with E-state index in [1.165, 1.54) is 4.88 Å². The number of aryl methyl sites for hydroxylation is 1. The molecule has 6 nitrogen and oxygen atoms in total. The largest absolute Gasteiger partial charge is 0.356 e. The van der Waals surface area contributed by atoms with E-state index in [4.69, 9.17) is 0 Å². The van der Waals surface area contributed by atoms with Crippen LogP contribution in [0.1, 0.15) is 16.3 Å². The Morgan fingerprint density at radius 2 is 1.88 bits per heavy atom. The van der Waals surface area contributed by atoms with E-state index in [0.717, 1.165) is 18.0 Å². The summed E-state index contributed by atoms with van der Waals surface area (Å²) >= 11 is 1.69. The molecule has 0 amide bonds. The Labute approximate surface area is 176 Å². The third kappa shape index (κ3) is 7.58. The van der Waals surface area contributed by atoms with Crippen molar-refractivity contribution < 1.29 is 8.42 Å². The molecule has 2 rings (SSSR count). The van der Waals surface area contributed by atoms with Gasteiger partial charge >= 0.3 is 0 Å². The highest BCUT2D eigenvalue weighted by Crippen LogP contribution is 2.11. The fourth-order valence-electron chi connectivity index (χ4n) is 2.24. The Bertz CT molecular complexity index is 792. The second-order valence-electron chi connectivity index (χ2n) is 5.53. The first kappa shape index (κ1) is 22.8. The third-order valence-corrected chi connectivity index (χ3v) is 6.30. The van der Waals surface area contributed by atoms with E-state index < -0.39 is 9.84 Å². The van der Waals surface area contributed by atoms with Crippen molar-refractivity contribution in [1.82, 2.24) is 15.6 Å². The Morgan fingerprint density at radius 1 is 1.19 bits per heavy atom. The normalized spacial score (nSPS) is 11.7. The maximum Gasteiger partial charge on any atom is 0.190 e. The molecule has 0 unspecified atom stereocenters. The van der Waals surface area contributed by atoms with Crippen molar-refractivity contribution >= 4 is 51.1 Å². The molecule has 0 radical (unpaired) electrons. The van der Waals surface area contributed by atoms with Crippen LogP contribution >= 0.6 is 35.3 Å². The second-order valence-corrected chi connectivity index (χ2v) is 8.95. The lowest BCUT2D eigenvalue weighted by Gasteiger charge is -2.11. The maximum absolute atomic E-state index is 12.2. The van der Waals surface area contributed by atoms with E-state index in [2.05, 4.69) is 20.6 Å². The van der Waals surface area contributed by atoms with Crippen LogP contribution in [-0.2, 0) is 16.3 Å². The van der Waals surface area contributed by atoms with Crippen molar-refractivity contribution in [3.05, 3.63) is 46.4 Å². The standard InChI is InChI=1S/C17H24N4O2S2.HI/c1-14-13-21-16(24-14)9-11-20-17(18-2)19-10-6-12-25(22,23)15-7-4-3-5-8-15;/h3-5,7-8,13H,6,9-12H2,1-2H3,(H2,18,19,20);1H. The van der Waals surface area contributed by atoms with Crippen molar-refractivity contribution in [1.29, 1.82) is 0 Å². The summed E-state index contributed by atoms with van der Waals surface area (Å²) in [6.07, 6.45) is 3.23. The van der Waals surface area contributed by atoms with E-state index in [0.29, 0.717) is 23.8 Å². The lowest BCUT2D eigenvalue weighted by Crippen LogP contribution is -2.39. The van der Waals surface area contributed by atoms with Gasteiger partial charge in [-0.15, -0.1) is 35.3 Å². The highest BCUT2D eigenvalue weighted by atomic mass is 127. The van der Waals surface area contributed by atoms with Crippen LogP contribution in [0, 0.1) is 6.92 Å². The molecule has 2 N–H and O–H groups in total. The number of aliphatic imine (C=N–C) groups is 1. The van der Waals surface area contributed by atoms with E-state index in [1.807, 2.05) is 19.2 Å². The minimum atomic E-state index is -3.22. The van der Waals surface area contributed by atoms with Gasteiger partial charge in [-0.3, -0.25) is 4.99 Å². The number of nitrogens with zero attached hydrogens (tertiary/aromatic N) is 2. The predicted octanol–water partition coefficient (Wildman–Crippen LogP) is 2.64. The Hall–Kier alpha value is -1.20. The van der Waals surface area contributed by atoms with Gasteiger partial charge in [-0.05, 0) is 25.5 Å². The van der Waals surface area contributed by atoms with Gasteiger partial charge < -0.3 is 10.6 Å². The van der Waals surface area contributed by atoms with Crippen molar-refractivity contribution in [3.63, 3.8) is 0 Å². The molecule has 1 aromatic carbocycles. The molecule has 2 aromatic rings.